The van der Waals surface area contributed by atoms with Gasteiger partial charge < -0.3 is 4.40 Å². The molecule has 0 unspecified atom stereocenters. The van der Waals surface area contributed by atoms with Crippen molar-refractivity contribution in [3.8, 4) is 22.3 Å². The molecule has 2 heterocycles. The first-order valence-electron chi connectivity index (χ1n) is 13.5. The molecule has 0 saturated carbocycles. The Bertz CT molecular complexity index is 2200. The first-order valence-corrected chi connectivity index (χ1v) is 13.5. The van der Waals surface area contributed by atoms with E-state index in [4.69, 9.17) is 0 Å². The largest absolute Gasteiger partial charge is 0.308 e. The van der Waals surface area contributed by atoms with Gasteiger partial charge in [-0.15, -0.1) is 0 Å². The molecular weight excluding hydrogens is 470 g/mol. The van der Waals surface area contributed by atoms with Gasteiger partial charge in [0.15, 0.2) is 0 Å². The second-order valence-corrected chi connectivity index (χ2v) is 10.6. The van der Waals surface area contributed by atoms with Gasteiger partial charge in [0, 0.05) is 21.5 Å². The molecule has 1 heteroatoms. The lowest BCUT2D eigenvalue weighted by Crippen LogP contribution is -1.84. The number of benzene rings is 7. The van der Waals surface area contributed by atoms with E-state index in [-0.39, 0.29) is 0 Å². The normalized spacial score (nSPS) is 12.1. The van der Waals surface area contributed by atoms with E-state index in [0.717, 1.165) is 0 Å². The van der Waals surface area contributed by atoms with Crippen LogP contribution in [0, 0.1) is 0 Å². The molecule has 7 aromatic carbocycles. The van der Waals surface area contributed by atoms with Gasteiger partial charge in [-0.05, 0) is 80.2 Å². The Hall–Kier alpha value is -5.14. The van der Waals surface area contributed by atoms with E-state index < -0.39 is 0 Å². The first-order chi connectivity index (χ1) is 19.3. The summed E-state index contributed by atoms with van der Waals surface area (Å²) >= 11 is 0. The van der Waals surface area contributed by atoms with Crippen LogP contribution in [0.2, 0.25) is 0 Å². The molecule has 0 N–H and O–H groups in total. The maximum Gasteiger partial charge on any atom is 0.0620 e. The number of hydrogen-bond donors (Lipinski definition) is 0. The van der Waals surface area contributed by atoms with Crippen molar-refractivity contribution in [2.45, 2.75) is 0 Å². The number of nitrogens with zero attached hydrogens (tertiary/aromatic N) is 1. The highest BCUT2D eigenvalue weighted by Crippen LogP contribution is 2.42. The highest BCUT2D eigenvalue weighted by molar-refractivity contribution is 6.26. The van der Waals surface area contributed by atoms with E-state index in [9.17, 15) is 0 Å². The summed E-state index contributed by atoms with van der Waals surface area (Å²) in [4.78, 5) is 0. The molecule has 0 aliphatic heterocycles. The Morgan fingerprint density at radius 1 is 0.308 bits per heavy atom. The van der Waals surface area contributed by atoms with Crippen molar-refractivity contribution in [1.29, 1.82) is 0 Å². The minimum atomic E-state index is 1.25. The Labute approximate surface area is 225 Å². The summed E-state index contributed by atoms with van der Waals surface area (Å²) in [6, 6.07) is 51.3. The fourth-order valence-corrected chi connectivity index (χ4v) is 6.58. The standard InChI is InChI=1S/C38H23N/c1-3-8-24(9-4-1)26-14-16-28-22-36-34(20-30(28)18-26)32-12-7-13-33-35-21-31-19-27(25-10-5-2-6-11-25)15-17-29(31)23-37(35)39(36)38(32)33/h1-23H. The maximum absolute atomic E-state index is 2.49. The van der Waals surface area contributed by atoms with E-state index in [1.807, 2.05) is 0 Å². The summed E-state index contributed by atoms with van der Waals surface area (Å²) in [7, 11) is 0. The van der Waals surface area contributed by atoms with Crippen LogP contribution in [-0.2, 0) is 0 Å². The number of para-hydroxylation sites is 1. The van der Waals surface area contributed by atoms with Crippen molar-refractivity contribution >= 4 is 59.6 Å². The Morgan fingerprint density at radius 2 is 0.795 bits per heavy atom. The zero-order valence-electron chi connectivity index (χ0n) is 21.2. The van der Waals surface area contributed by atoms with E-state index in [0.29, 0.717) is 0 Å². The summed E-state index contributed by atoms with van der Waals surface area (Å²) in [6.45, 7) is 0. The summed E-state index contributed by atoms with van der Waals surface area (Å²) < 4.78 is 2.49. The molecule has 39 heavy (non-hydrogen) atoms. The molecule has 0 aliphatic carbocycles. The minimum absolute atomic E-state index is 1.25. The monoisotopic (exact) mass is 493 g/mol. The quantitative estimate of drug-likeness (QED) is 0.226. The molecule has 0 atom stereocenters. The molecule has 9 aromatic rings. The number of fused-ring (bicyclic) bond motifs is 8. The van der Waals surface area contributed by atoms with Crippen molar-refractivity contribution in [2.75, 3.05) is 0 Å². The number of hydrogen-bond acceptors (Lipinski definition) is 0. The Balaban J connectivity index is 1.33. The second kappa shape index (κ2) is 7.69. The fourth-order valence-electron chi connectivity index (χ4n) is 6.58. The Morgan fingerprint density at radius 3 is 1.28 bits per heavy atom. The predicted molar refractivity (Wildman–Crippen MR) is 167 cm³/mol. The second-order valence-electron chi connectivity index (χ2n) is 10.6. The number of rotatable bonds is 2. The molecule has 180 valence electrons. The van der Waals surface area contributed by atoms with Crippen LogP contribution in [0.1, 0.15) is 0 Å². The van der Waals surface area contributed by atoms with Gasteiger partial charge in [-0.2, -0.15) is 0 Å². The smallest absolute Gasteiger partial charge is 0.0620 e. The van der Waals surface area contributed by atoms with Crippen molar-refractivity contribution in [1.82, 2.24) is 4.40 Å². The molecule has 9 rings (SSSR count). The van der Waals surface area contributed by atoms with Crippen molar-refractivity contribution in [3.63, 3.8) is 0 Å². The third-order valence-electron chi connectivity index (χ3n) is 8.45. The SMILES string of the molecule is c1ccc(-c2ccc3cc4c(cc3c2)c2cccc3c5cc6cc(-c7ccccc7)ccc6cc5n4c23)cc1. The average molecular weight is 494 g/mol. The molecule has 0 amide bonds. The van der Waals surface area contributed by atoms with Crippen LogP contribution in [0.25, 0.3) is 81.9 Å². The highest BCUT2D eigenvalue weighted by atomic mass is 14.9. The predicted octanol–water partition coefficient (Wildman–Crippen LogP) is 10.5. The van der Waals surface area contributed by atoms with Gasteiger partial charge in [0.2, 0.25) is 0 Å². The maximum atomic E-state index is 2.49. The third kappa shape index (κ3) is 2.96. The van der Waals surface area contributed by atoms with Crippen molar-refractivity contribution < 1.29 is 0 Å². The summed E-state index contributed by atoms with van der Waals surface area (Å²) in [6.07, 6.45) is 0. The summed E-state index contributed by atoms with van der Waals surface area (Å²) in [5, 5.41) is 10.4. The molecular formula is C38H23N. The fraction of sp³-hybridized carbons (Fsp3) is 0. The zero-order chi connectivity index (χ0) is 25.5. The molecule has 0 saturated heterocycles. The minimum Gasteiger partial charge on any atom is -0.308 e. The topological polar surface area (TPSA) is 4.41 Å². The molecule has 0 fully saturated rings. The van der Waals surface area contributed by atoms with E-state index in [1.165, 1.54) is 81.9 Å². The highest BCUT2D eigenvalue weighted by Gasteiger charge is 2.18. The van der Waals surface area contributed by atoms with E-state index in [2.05, 4.69) is 144 Å². The molecule has 1 nitrogen and oxygen atoms in total. The zero-order valence-corrected chi connectivity index (χ0v) is 21.2. The summed E-state index contributed by atoms with van der Waals surface area (Å²) in [5.74, 6) is 0. The number of aromatic nitrogens is 1. The lowest BCUT2D eigenvalue weighted by atomic mass is 9.98. The molecule has 0 bridgehead atoms. The first kappa shape index (κ1) is 20.9. The van der Waals surface area contributed by atoms with Crippen LogP contribution in [-0.4, -0.2) is 4.40 Å². The van der Waals surface area contributed by atoms with Crippen LogP contribution >= 0.6 is 0 Å². The van der Waals surface area contributed by atoms with Gasteiger partial charge in [-0.1, -0.05) is 103 Å². The average Bonchev–Trinajstić information content (AvgIpc) is 3.50. The van der Waals surface area contributed by atoms with E-state index >= 15 is 0 Å². The van der Waals surface area contributed by atoms with Crippen LogP contribution in [0.15, 0.2) is 140 Å². The lowest BCUT2D eigenvalue weighted by molar-refractivity contribution is 1.38. The van der Waals surface area contributed by atoms with Gasteiger partial charge in [-0.3, -0.25) is 0 Å². The van der Waals surface area contributed by atoms with Gasteiger partial charge >= 0.3 is 0 Å². The van der Waals surface area contributed by atoms with Gasteiger partial charge in [0.25, 0.3) is 0 Å². The molecule has 0 spiro atoms. The van der Waals surface area contributed by atoms with Crippen LogP contribution < -0.4 is 0 Å². The third-order valence-corrected chi connectivity index (χ3v) is 8.45. The molecule has 0 radical (unpaired) electrons. The van der Waals surface area contributed by atoms with Gasteiger partial charge in [-0.25, -0.2) is 0 Å². The van der Waals surface area contributed by atoms with Crippen molar-refractivity contribution in [2.24, 2.45) is 0 Å². The van der Waals surface area contributed by atoms with Crippen LogP contribution in [0.4, 0.5) is 0 Å². The van der Waals surface area contributed by atoms with Gasteiger partial charge in [0.05, 0.1) is 16.6 Å². The van der Waals surface area contributed by atoms with Crippen LogP contribution in [0.3, 0.4) is 0 Å². The van der Waals surface area contributed by atoms with Crippen molar-refractivity contribution in [3.05, 3.63) is 140 Å². The molecule has 0 aliphatic rings. The Kier molecular flexibility index (Phi) is 4.11. The lowest BCUT2D eigenvalue weighted by Gasteiger charge is -2.07. The summed E-state index contributed by atoms with van der Waals surface area (Å²) in [5.41, 5.74) is 8.88. The van der Waals surface area contributed by atoms with Gasteiger partial charge in [0.1, 0.15) is 0 Å². The van der Waals surface area contributed by atoms with Crippen LogP contribution in [0.5, 0.6) is 0 Å². The van der Waals surface area contributed by atoms with E-state index in [1.54, 1.807) is 0 Å². The molecule has 2 aromatic heterocycles.